The number of hydrogen-bond acceptors (Lipinski definition) is 5. The fraction of sp³-hybridized carbons (Fsp3) is 0.0556. The Kier molecular flexibility index (Phi) is 6.17. The predicted molar refractivity (Wildman–Crippen MR) is 168 cm³/mol. The van der Waals surface area contributed by atoms with Crippen LogP contribution >= 0.6 is 0 Å². The van der Waals surface area contributed by atoms with E-state index in [1.165, 1.54) is 0 Å². The fourth-order valence-electron chi connectivity index (χ4n) is 5.33. The van der Waals surface area contributed by atoms with E-state index in [4.69, 9.17) is 19.9 Å². The van der Waals surface area contributed by atoms with Crippen LogP contribution in [-0.2, 0) is 0 Å². The third-order valence-electron chi connectivity index (χ3n) is 7.26. The highest BCUT2D eigenvalue weighted by molar-refractivity contribution is 5.84. The van der Waals surface area contributed by atoms with Gasteiger partial charge in [0, 0.05) is 28.2 Å². The first-order chi connectivity index (χ1) is 20.1. The lowest BCUT2D eigenvalue weighted by molar-refractivity contribution is 1.18. The zero-order valence-electron chi connectivity index (χ0n) is 22.9. The summed E-state index contributed by atoms with van der Waals surface area (Å²) in [5.74, 6) is 0. The van der Waals surface area contributed by atoms with Crippen molar-refractivity contribution < 1.29 is 0 Å². The molecule has 2 aromatic heterocycles. The van der Waals surface area contributed by atoms with Crippen LogP contribution in [0.4, 0.5) is 17.1 Å². The van der Waals surface area contributed by atoms with Gasteiger partial charge in [0.25, 0.3) is 0 Å². The van der Waals surface area contributed by atoms with Gasteiger partial charge in [-0.05, 0) is 74.5 Å². The maximum Gasteiger partial charge on any atom is 0.0922 e. The van der Waals surface area contributed by atoms with E-state index in [9.17, 15) is 0 Å². The number of para-hydroxylation sites is 5. The Morgan fingerprint density at radius 3 is 1.24 bits per heavy atom. The molecule has 7 rings (SSSR count). The van der Waals surface area contributed by atoms with Gasteiger partial charge >= 0.3 is 0 Å². The van der Waals surface area contributed by atoms with Crippen LogP contribution in [0.5, 0.6) is 0 Å². The van der Waals surface area contributed by atoms with Crippen LogP contribution in [0.25, 0.3) is 44.6 Å². The van der Waals surface area contributed by atoms with Gasteiger partial charge in [-0.2, -0.15) is 0 Å². The van der Waals surface area contributed by atoms with Crippen LogP contribution in [0.2, 0.25) is 0 Å². The van der Waals surface area contributed by atoms with Crippen LogP contribution in [0.15, 0.2) is 127 Å². The molecule has 0 aliphatic carbocycles. The first kappa shape index (κ1) is 24.6. The second-order valence-electron chi connectivity index (χ2n) is 10.1. The molecule has 7 aromatic rings. The van der Waals surface area contributed by atoms with E-state index in [1.807, 2.05) is 68.4 Å². The maximum atomic E-state index is 4.98. The summed E-state index contributed by atoms with van der Waals surface area (Å²) < 4.78 is 0. The normalized spacial score (nSPS) is 11.2. The molecule has 0 saturated heterocycles. The number of rotatable bonds is 5. The molecule has 0 amide bonds. The molecule has 0 aliphatic heterocycles. The zero-order chi connectivity index (χ0) is 27.8. The lowest BCUT2D eigenvalue weighted by Crippen LogP contribution is -2.10. The Labute approximate surface area is 238 Å². The van der Waals surface area contributed by atoms with Crippen molar-refractivity contribution in [3.05, 3.63) is 139 Å². The molecule has 41 heavy (non-hydrogen) atoms. The largest absolute Gasteiger partial charge is 0.310 e. The number of fused-ring (bicyclic) bond motifs is 2. The van der Waals surface area contributed by atoms with Crippen molar-refractivity contribution in [2.24, 2.45) is 0 Å². The van der Waals surface area contributed by atoms with Gasteiger partial charge in [-0.3, -0.25) is 0 Å². The summed E-state index contributed by atoms with van der Waals surface area (Å²) >= 11 is 0. The smallest absolute Gasteiger partial charge is 0.0922 e. The second-order valence-corrected chi connectivity index (χ2v) is 10.1. The first-order valence-corrected chi connectivity index (χ1v) is 13.7. The summed E-state index contributed by atoms with van der Waals surface area (Å²) in [6.45, 7) is 4.04. The maximum absolute atomic E-state index is 4.98. The Morgan fingerprint density at radius 2 is 0.780 bits per heavy atom. The molecule has 0 saturated carbocycles. The third-order valence-corrected chi connectivity index (χ3v) is 7.26. The van der Waals surface area contributed by atoms with E-state index >= 15 is 0 Å². The van der Waals surface area contributed by atoms with Crippen molar-refractivity contribution >= 4 is 39.1 Å². The SMILES string of the molecule is Cc1nc2ccccc2nc1-c1cccc(N(c2ccccc2)c2cccc(-c3nc4ccccc4nc3C)c2)c1. The summed E-state index contributed by atoms with van der Waals surface area (Å²) in [5, 5.41) is 0. The lowest BCUT2D eigenvalue weighted by atomic mass is 10.1. The van der Waals surface area contributed by atoms with Gasteiger partial charge in [-0.15, -0.1) is 0 Å². The summed E-state index contributed by atoms with van der Waals surface area (Å²) in [5.41, 5.74) is 12.3. The summed E-state index contributed by atoms with van der Waals surface area (Å²) in [4.78, 5) is 21.9. The molecule has 2 heterocycles. The molecule has 0 radical (unpaired) electrons. The van der Waals surface area contributed by atoms with Gasteiger partial charge in [0.05, 0.1) is 44.8 Å². The highest BCUT2D eigenvalue weighted by Gasteiger charge is 2.17. The quantitative estimate of drug-likeness (QED) is 0.223. The highest BCUT2D eigenvalue weighted by Crippen LogP contribution is 2.38. The number of benzene rings is 5. The van der Waals surface area contributed by atoms with E-state index < -0.39 is 0 Å². The Hall–Kier alpha value is -5.42. The minimum Gasteiger partial charge on any atom is -0.310 e. The number of anilines is 3. The Morgan fingerprint density at radius 1 is 0.390 bits per heavy atom. The molecule has 0 bridgehead atoms. The van der Waals surface area contributed by atoms with Crippen molar-refractivity contribution in [3.8, 4) is 22.5 Å². The van der Waals surface area contributed by atoms with Crippen LogP contribution < -0.4 is 4.90 Å². The van der Waals surface area contributed by atoms with E-state index in [1.54, 1.807) is 0 Å². The molecule has 5 nitrogen and oxygen atoms in total. The molecule has 196 valence electrons. The number of aryl methyl sites for hydroxylation is 2. The van der Waals surface area contributed by atoms with Gasteiger partial charge in [-0.1, -0.05) is 66.7 Å². The monoisotopic (exact) mass is 529 g/mol. The molecule has 0 aliphatic rings. The third kappa shape index (κ3) is 4.68. The van der Waals surface area contributed by atoms with E-state index in [2.05, 4.69) is 77.7 Å². The van der Waals surface area contributed by atoms with E-state index in [0.717, 1.165) is 73.0 Å². The molecular weight excluding hydrogens is 502 g/mol. The van der Waals surface area contributed by atoms with Gasteiger partial charge in [0.15, 0.2) is 0 Å². The second kappa shape index (κ2) is 10.3. The summed E-state index contributed by atoms with van der Waals surface area (Å²) in [6, 6.07) is 43.4. The molecule has 0 fully saturated rings. The van der Waals surface area contributed by atoms with Crippen molar-refractivity contribution in [2.75, 3.05) is 4.90 Å². The number of aromatic nitrogens is 4. The Balaban J connectivity index is 1.36. The topological polar surface area (TPSA) is 54.8 Å². The molecule has 0 N–H and O–H groups in total. The number of hydrogen-bond donors (Lipinski definition) is 0. The van der Waals surface area contributed by atoms with Crippen molar-refractivity contribution in [1.29, 1.82) is 0 Å². The van der Waals surface area contributed by atoms with Crippen LogP contribution in [-0.4, -0.2) is 19.9 Å². The first-order valence-electron chi connectivity index (χ1n) is 13.7. The van der Waals surface area contributed by atoms with Crippen molar-refractivity contribution in [1.82, 2.24) is 19.9 Å². The lowest BCUT2D eigenvalue weighted by Gasteiger charge is -2.26. The van der Waals surface area contributed by atoms with Crippen molar-refractivity contribution in [2.45, 2.75) is 13.8 Å². The molecule has 5 aromatic carbocycles. The predicted octanol–water partition coefficient (Wildman–Crippen LogP) is 8.99. The summed E-state index contributed by atoms with van der Waals surface area (Å²) in [7, 11) is 0. The highest BCUT2D eigenvalue weighted by atomic mass is 15.1. The molecule has 0 unspecified atom stereocenters. The Bertz CT molecular complexity index is 1910. The standard InChI is InChI=1S/C36H27N5/c1-24-35(39-33-20-8-6-18-31(33)37-24)26-12-10-16-29(22-26)41(28-14-4-3-5-15-28)30-17-11-13-27(23-30)36-25(2)38-32-19-7-9-21-34(32)40-36/h3-23H,1-2H3. The average molecular weight is 530 g/mol. The van der Waals surface area contributed by atoms with E-state index in [-0.39, 0.29) is 0 Å². The summed E-state index contributed by atoms with van der Waals surface area (Å²) in [6.07, 6.45) is 0. The van der Waals surface area contributed by atoms with Gasteiger partial charge in [0.1, 0.15) is 0 Å². The van der Waals surface area contributed by atoms with E-state index in [0.29, 0.717) is 0 Å². The van der Waals surface area contributed by atoms with Crippen LogP contribution in [0, 0.1) is 13.8 Å². The number of nitrogens with zero attached hydrogens (tertiary/aromatic N) is 5. The van der Waals surface area contributed by atoms with Crippen molar-refractivity contribution in [3.63, 3.8) is 0 Å². The average Bonchev–Trinajstić information content (AvgIpc) is 3.01. The molecular formula is C36H27N5. The van der Waals surface area contributed by atoms with Gasteiger partial charge in [0.2, 0.25) is 0 Å². The molecule has 0 spiro atoms. The van der Waals surface area contributed by atoms with Gasteiger partial charge < -0.3 is 4.90 Å². The zero-order valence-corrected chi connectivity index (χ0v) is 22.9. The van der Waals surface area contributed by atoms with Crippen LogP contribution in [0.3, 0.4) is 0 Å². The molecule has 5 heteroatoms. The van der Waals surface area contributed by atoms with Gasteiger partial charge in [-0.25, -0.2) is 19.9 Å². The fourth-order valence-corrected chi connectivity index (χ4v) is 5.33. The molecule has 0 atom stereocenters. The minimum absolute atomic E-state index is 0.884. The minimum atomic E-state index is 0.884. The van der Waals surface area contributed by atoms with Crippen LogP contribution in [0.1, 0.15) is 11.4 Å².